The van der Waals surface area contributed by atoms with Crippen molar-refractivity contribution in [2.24, 2.45) is 0 Å². The van der Waals surface area contributed by atoms with Gasteiger partial charge in [-0.25, -0.2) is 0 Å². The Morgan fingerprint density at radius 3 is 1.12 bits per heavy atom. The second kappa shape index (κ2) is 17.2. The molecule has 9 heteroatoms. The first kappa shape index (κ1) is 47.2. The molecule has 0 aromatic heterocycles. The molecular weight excluding hydrogens is 1000 g/mol. The average molecular weight is 1050 g/mol. The molecule has 0 fully saturated rings. The van der Waals surface area contributed by atoms with Crippen LogP contribution in [0.25, 0.3) is 22.3 Å². The van der Waals surface area contributed by atoms with Crippen molar-refractivity contribution in [1.29, 1.82) is 0 Å². The van der Waals surface area contributed by atoms with Gasteiger partial charge in [-0.3, -0.25) is 0 Å². The van der Waals surface area contributed by atoms with E-state index in [4.69, 9.17) is 18.9 Å². The van der Waals surface area contributed by atoms with Crippen molar-refractivity contribution < 1.29 is 18.9 Å². The maximum atomic E-state index is 7.48. The standard InChI is InChI=1S/C73H53B3N2O4/c1-40-26-43(4)69(44(5)27-40)47-32-60-72-66(33-47)79-61-24-16-14-22-51(61)74(72)53-36-56-64(38-57(53)78(60)50-20-12-9-13-21-50)81-65-31-42(3)30-59-71(65)76(56)54-37-55-63(39-58(54)77(59)49-18-10-8-11-19-49)82-68-35-48(70-45(6)28-41(2)29-46(70)7)34-67-73(68)75(55)52-23-15-17-25-62(52)80-67/h8-39H,1-7H3. The number of fused-ring (bicyclic) bond motifs is 12. The van der Waals surface area contributed by atoms with Gasteiger partial charge < -0.3 is 28.7 Å². The highest BCUT2D eigenvalue weighted by molar-refractivity contribution is 7.03. The molecule has 0 aliphatic carbocycles. The van der Waals surface area contributed by atoms with Crippen LogP contribution in [0.1, 0.15) is 38.9 Å². The number of hydrogen-bond acceptors (Lipinski definition) is 6. The van der Waals surface area contributed by atoms with Crippen LogP contribution in [0.15, 0.2) is 194 Å². The predicted octanol–water partition coefficient (Wildman–Crippen LogP) is 12.7. The Labute approximate surface area is 479 Å². The third kappa shape index (κ3) is 6.74. The molecule has 0 radical (unpaired) electrons. The van der Waals surface area contributed by atoms with Crippen molar-refractivity contribution in [3.05, 3.63) is 233 Å². The fourth-order valence-corrected chi connectivity index (χ4v) is 15.3. The summed E-state index contributed by atoms with van der Waals surface area (Å²) in [4.78, 5) is 4.89. The van der Waals surface area contributed by atoms with Crippen molar-refractivity contribution in [3.63, 3.8) is 0 Å². The minimum Gasteiger partial charge on any atom is -0.458 e. The summed E-state index contributed by atoms with van der Waals surface area (Å²) in [7, 11) is 0. The van der Waals surface area contributed by atoms with Gasteiger partial charge in [0.15, 0.2) is 0 Å². The quantitative estimate of drug-likeness (QED) is 0.164. The SMILES string of the molecule is Cc1cc(C)c(-c2cc3c4c(c2)Oc2cc5c(cc2B4c2ccccc2O3)B2c3cc4c(cc3Oc3cc(C)cc(c32)N5c2ccccc2)N(c2ccccc2)c2cc(-c3c(C)cc(C)cc3C)cc3c2B4c2ccccc2O3)c(C)c1. The Balaban J connectivity index is 0.924. The number of hydrogen-bond donors (Lipinski definition) is 0. The molecule has 0 unspecified atom stereocenters. The molecule has 0 spiro atoms. The van der Waals surface area contributed by atoms with E-state index >= 15 is 0 Å². The summed E-state index contributed by atoms with van der Waals surface area (Å²) in [5.41, 5.74) is 29.9. The van der Waals surface area contributed by atoms with Crippen molar-refractivity contribution >= 4 is 103 Å². The number of rotatable bonds is 4. The molecule has 6 aliphatic rings. The largest absolute Gasteiger partial charge is 0.458 e. The first-order chi connectivity index (χ1) is 40.0. The van der Waals surface area contributed by atoms with E-state index in [0.29, 0.717) is 0 Å². The maximum absolute atomic E-state index is 7.48. The van der Waals surface area contributed by atoms with Gasteiger partial charge >= 0.3 is 0 Å². The average Bonchev–Trinajstić information content (AvgIpc) is 2.54. The van der Waals surface area contributed by atoms with Gasteiger partial charge in [-0.05, 0) is 215 Å². The molecule has 6 aliphatic heterocycles. The van der Waals surface area contributed by atoms with Crippen LogP contribution in [-0.2, 0) is 0 Å². The fraction of sp³-hybridized carbons (Fsp3) is 0.0959. The van der Waals surface area contributed by atoms with Crippen LogP contribution in [-0.4, -0.2) is 20.1 Å². The van der Waals surface area contributed by atoms with E-state index in [0.717, 1.165) is 135 Å². The van der Waals surface area contributed by atoms with E-state index in [1.54, 1.807) is 0 Å². The minimum atomic E-state index is -0.221. The van der Waals surface area contributed by atoms with Gasteiger partial charge in [0.05, 0.1) is 0 Å². The number of nitrogens with zero attached hydrogens (tertiary/aromatic N) is 2. The molecule has 0 bridgehead atoms. The molecule has 11 aromatic carbocycles. The van der Waals surface area contributed by atoms with Gasteiger partial charge in [0, 0.05) is 51.7 Å². The van der Waals surface area contributed by atoms with Crippen molar-refractivity contribution in [1.82, 2.24) is 0 Å². The summed E-state index contributed by atoms with van der Waals surface area (Å²) in [6, 6.07) is 71.3. The van der Waals surface area contributed by atoms with Gasteiger partial charge in [0.2, 0.25) is 0 Å². The lowest BCUT2D eigenvalue weighted by Gasteiger charge is -2.44. The monoisotopic (exact) mass is 1050 g/mol. The Bertz CT molecular complexity index is 4610. The Morgan fingerprint density at radius 1 is 0.268 bits per heavy atom. The summed E-state index contributed by atoms with van der Waals surface area (Å²) in [5.74, 6) is 6.78. The van der Waals surface area contributed by atoms with E-state index in [2.05, 4.69) is 252 Å². The summed E-state index contributed by atoms with van der Waals surface area (Å²) >= 11 is 0. The van der Waals surface area contributed by atoms with Crippen LogP contribution >= 0.6 is 0 Å². The van der Waals surface area contributed by atoms with Crippen molar-refractivity contribution in [2.75, 3.05) is 9.80 Å². The minimum absolute atomic E-state index is 0.143. The van der Waals surface area contributed by atoms with E-state index in [-0.39, 0.29) is 20.1 Å². The summed E-state index contributed by atoms with van der Waals surface area (Å²) in [5, 5.41) is 0. The first-order valence-electron chi connectivity index (χ1n) is 28.6. The van der Waals surface area contributed by atoms with Crippen LogP contribution in [0.3, 0.4) is 0 Å². The zero-order chi connectivity index (χ0) is 55.0. The second-order valence-corrected chi connectivity index (χ2v) is 23.6. The van der Waals surface area contributed by atoms with Gasteiger partial charge in [-0.2, -0.15) is 0 Å². The third-order valence-corrected chi connectivity index (χ3v) is 18.2. The van der Waals surface area contributed by atoms with E-state index in [1.807, 2.05) is 0 Å². The first-order valence-corrected chi connectivity index (χ1v) is 28.6. The molecule has 0 saturated carbocycles. The second-order valence-electron chi connectivity index (χ2n) is 23.6. The van der Waals surface area contributed by atoms with Crippen LogP contribution in [0.5, 0.6) is 46.0 Å². The predicted molar refractivity (Wildman–Crippen MR) is 340 cm³/mol. The molecule has 17 rings (SSSR count). The van der Waals surface area contributed by atoms with Crippen LogP contribution < -0.4 is 77.9 Å². The van der Waals surface area contributed by atoms with Crippen LogP contribution in [0.2, 0.25) is 0 Å². The lowest BCUT2D eigenvalue weighted by atomic mass is 9.29. The molecule has 0 saturated heterocycles. The molecule has 0 N–H and O–H groups in total. The summed E-state index contributed by atoms with van der Waals surface area (Å²) in [6.45, 7) is 14.9. The third-order valence-electron chi connectivity index (χ3n) is 18.2. The van der Waals surface area contributed by atoms with Gasteiger partial charge in [0.25, 0.3) is 20.1 Å². The zero-order valence-electron chi connectivity index (χ0n) is 46.7. The zero-order valence-corrected chi connectivity index (χ0v) is 46.7. The van der Waals surface area contributed by atoms with Gasteiger partial charge in [0.1, 0.15) is 46.0 Å². The van der Waals surface area contributed by atoms with Gasteiger partial charge in [-0.1, -0.05) is 120 Å². The summed E-state index contributed by atoms with van der Waals surface area (Å²) in [6.07, 6.45) is 0. The topological polar surface area (TPSA) is 43.4 Å². The number of ether oxygens (including phenoxy) is 4. The van der Waals surface area contributed by atoms with E-state index in [9.17, 15) is 0 Å². The number of benzene rings is 11. The molecule has 82 heavy (non-hydrogen) atoms. The maximum Gasteiger partial charge on any atom is 0.260 e. The molecule has 11 aromatic rings. The lowest BCUT2D eigenvalue weighted by Crippen LogP contribution is -2.64. The van der Waals surface area contributed by atoms with Crippen LogP contribution in [0, 0.1) is 48.5 Å². The molecule has 0 amide bonds. The number of anilines is 6. The van der Waals surface area contributed by atoms with E-state index in [1.165, 1.54) is 55.4 Å². The molecule has 6 nitrogen and oxygen atoms in total. The van der Waals surface area contributed by atoms with Crippen LogP contribution in [0.4, 0.5) is 34.1 Å². The fourth-order valence-electron chi connectivity index (χ4n) is 15.3. The Hall–Kier alpha value is -9.59. The summed E-state index contributed by atoms with van der Waals surface area (Å²) < 4.78 is 29.0. The Morgan fingerprint density at radius 2 is 0.634 bits per heavy atom. The Kier molecular flexibility index (Phi) is 9.92. The number of aryl methyl sites for hydroxylation is 7. The van der Waals surface area contributed by atoms with Gasteiger partial charge in [-0.15, -0.1) is 0 Å². The van der Waals surface area contributed by atoms with E-state index < -0.39 is 0 Å². The lowest BCUT2D eigenvalue weighted by molar-refractivity contribution is 0.465. The smallest absolute Gasteiger partial charge is 0.260 e. The highest BCUT2D eigenvalue weighted by Gasteiger charge is 2.49. The molecular formula is C73H53B3N2O4. The highest BCUT2D eigenvalue weighted by atomic mass is 16.5. The molecule has 0 atom stereocenters. The van der Waals surface area contributed by atoms with Crippen molar-refractivity contribution in [2.45, 2.75) is 48.5 Å². The highest BCUT2D eigenvalue weighted by Crippen LogP contribution is 2.49. The van der Waals surface area contributed by atoms with Crippen molar-refractivity contribution in [3.8, 4) is 68.2 Å². The normalized spacial score (nSPS) is 13.8. The molecule has 388 valence electrons. The number of para-hydroxylation sites is 4. The molecule has 6 heterocycles.